The number of ether oxygens (including phenoxy) is 1. The molecule has 1 fully saturated rings. The van der Waals surface area contributed by atoms with Crippen LogP contribution in [0.4, 0.5) is 0 Å². The summed E-state index contributed by atoms with van der Waals surface area (Å²) in [4.78, 5) is 49.2. The minimum atomic E-state index is -0.590. The number of hydrogen-bond donors (Lipinski definition) is 1. The zero-order valence-corrected chi connectivity index (χ0v) is 14.8. The zero-order valence-electron chi connectivity index (χ0n) is 14.8. The third-order valence-corrected chi connectivity index (χ3v) is 4.85. The van der Waals surface area contributed by atoms with E-state index in [2.05, 4.69) is 5.32 Å². The van der Waals surface area contributed by atoms with Crippen molar-refractivity contribution in [3.05, 3.63) is 12.2 Å². The van der Waals surface area contributed by atoms with Gasteiger partial charge >= 0.3 is 5.97 Å². The second-order valence-electron chi connectivity index (χ2n) is 6.48. The van der Waals surface area contributed by atoms with Gasteiger partial charge in [0.2, 0.25) is 11.8 Å². The average molecular weight is 350 g/mol. The smallest absolute Gasteiger partial charge is 0.308 e. The Balaban J connectivity index is 1.74. The van der Waals surface area contributed by atoms with E-state index in [0.29, 0.717) is 12.8 Å². The van der Waals surface area contributed by atoms with Gasteiger partial charge in [0.15, 0.2) is 6.61 Å². The van der Waals surface area contributed by atoms with E-state index < -0.39 is 5.97 Å². The first kappa shape index (κ1) is 19.1. The van der Waals surface area contributed by atoms with Gasteiger partial charge in [-0.15, -0.1) is 0 Å². The van der Waals surface area contributed by atoms with Crippen LogP contribution in [-0.2, 0) is 23.9 Å². The van der Waals surface area contributed by atoms with Crippen LogP contribution in [0.3, 0.4) is 0 Å². The molecule has 25 heavy (non-hydrogen) atoms. The summed E-state index contributed by atoms with van der Waals surface area (Å²) in [7, 11) is 0. The van der Waals surface area contributed by atoms with E-state index in [4.69, 9.17) is 4.74 Å². The van der Waals surface area contributed by atoms with Crippen molar-refractivity contribution in [2.75, 3.05) is 13.2 Å². The summed E-state index contributed by atoms with van der Waals surface area (Å²) in [6.07, 6.45) is 6.52. The number of fused-ring (bicyclic) bond motifs is 1. The molecule has 1 saturated heterocycles. The lowest BCUT2D eigenvalue weighted by Gasteiger charge is -2.15. The van der Waals surface area contributed by atoms with Gasteiger partial charge in [-0.2, -0.15) is 0 Å². The maximum Gasteiger partial charge on any atom is 0.308 e. The summed E-state index contributed by atoms with van der Waals surface area (Å²) in [5.74, 6) is -1.93. The molecule has 0 aromatic heterocycles. The first-order chi connectivity index (χ1) is 12.0. The largest absolute Gasteiger partial charge is 0.456 e. The molecular formula is C18H26N2O5. The van der Waals surface area contributed by atoms with Gasteiger partial charge in [0.25, 0.3) is 5.91 Å². The molecule has 138 valence electrons. The molecule has 1 aliphatic heterocycles. The van der Waals surface area contributed by atoms with E-state index in [0.717, 1.165) is 17.7 Å². The summed E-state index contributed by atoms with van der Waals surface area (Å²) < 4.78 is 4.93. The zero-order chi connectivity index (χ0) is 18.4. The summed E-state index contributed by atoms with van der Waals surface area (Å²) in [6.45, 7) is 3.61. The Hall–Kier alpha value is -2.18. The maximum absolute atomic E-state index is 12.3. The second-order valence-corrected chi connectivity index (χ2v) is 6.48. The highest BCUT2D eigenvalue weighted by molar-refractivity contribution is 6.05. The molecule has 1 aliphatic carbocycles. The Morgan fingerprint density at radius 3 is 2.24 bits per heavy atom. The number of likely N-dealkylation sites (tertiary alicyclic amines) is 1. The molecule has 7 nitrogen and oxygen atoms in total. The average Bonchev–Trinajstić information content (AvgIpc) is 2.87. The van der Waals surface area contributed by atoms with E-state index in [1.807, 2.05) is 26.0 Å². The predicted molar refractivity (Wildman–Crippen MR) is 90.2 cm³/mol. The van der Waals surface area contributed by atoms with Gasteiger partial charge in [0.05, 0.1) is 18.3 Å². The van der Waals surface area contributed by atoms with Crippen molar-refractivity contribution in [2.24, 2.45) is 11.8 Å². The second kappa shape index (κ2) is 8.78. The molecule has 0 bridgehead atoms. The molecule has 0 saturated carbocycles. The standard InChI is InChI=1S/C18H26N2O5/c1-3-12(4-2)19-15(21)11-25-16(22)9-10-20-17(23)13-7-5-6-8-14(13)18(20)24/h5-6,12-14H,3-4,7-11H2,1-2H3,(H,19,21)/t13-,14-/m0/s1. The fourth-order valence-corrected chi connectivity index (χ4v) is 3.27. The Kier molecular flexibility index (Phi) is 6.73. The number of allylic oxidation sites excluding steroid dienone is 2. The molecule has 1 N–H and O–H groups in total. The third-order valence-electron chi connectivity index (χ3n) is 4.85. The fourth-order valence-electron chi connectivity index (χ4n) is 3.27. The first-order valence-electron chi connectivity index (χ1n) is 8.93. The van der Waals surface area contributed by atoms with Gasteiger partial charge in [-0.3, -0.25) is 24.1 Å². The van der Waals surface area contributed by atoms with Crippen molar-refractivity contribution in [1.29, 1.82) is 0 Å². The summed E-state index contributed by atoms with van der Waals surface area (Å²) in [6, 6.07) is 0.0722. The molecule has 0 unspecified atom stereocenters. The van der Waals surface area contributed by atoms with E-state index in [-0.39, 0.29) is 55.2 Å². The van der Waals surface area contributed by atoms with Gasteiger partial charge in [-0.1, -0.05) is 26.0 Å². The van der Waals surface area contributed by atoms with Crippen LogP contribution >= 0.6 is 0 Å². The van der Waals surface area contributed by atoms with Crippen molar-refractivity contribution in [2.45, 2.75) is 52.0 Å². The molecular weight excluding hydrogens is 324 g/mol. The number of nitrogens with one attached hydrogen (secondary N) is 1. The van der Waals surface area contributed by atoms with Crippen LogP contribution in [0.5, 0.6) is 0 Å². The van der Waals surface area contributed by atoms with Crippen LogP contribution in [0.2, 0.25) is 0 Å². The molecule has 0 spiro atoms. The van der Waals surface area contributed by atoms with Crippen LogP contribution in [0.1, 0.15) is 46.0 Å². The van der Waals surface area contributed by atoms with E-state index in [1.165, 1.54) is 0 Å². The monoisotopic (exact) mass is 350 g/mol. The van der Waals surface area contributed by atoms with Gasteiger partial charge < -0.3 is 10.1 Å². The predicted octanol–water partition coefficient (Wildman–Crippen LogP) is 1.18. The van der Waals surface area contributed by atoms with E-state index in [1.54, 1.807) is 0 Å². The van der Waals surface area contributed by atoms with Crippen molar-refractivity contribution in [3.8, 4) is 0 Å². The number of hydrogen-bond acceptors (Lipinski definition) is 5. The summed E-state index contributed by atoms with van der Waals surface area (Å²) >= 11 is 0. The topological polar surface area (TPSA) is 92.8 Å². The van der Waals surface area contributed by atoms with Crippen LogP contribution in [0.15, 0.2) is 12.2 Å². The van der Waals surface area contributed by atoms with Crippen LogP contribution < -0.4 is 5.32 Å². The normalized spacial score (nSPS) is 22.3. The van der Waals surface area contributed by atoms with Gasteiger partial charge in [0.1, 0.15) is 0 Å². The maximum atomic E-state index is 12.3. The lowest BCUT2D eigenvalue weighted by molar-refractivity contribution is -0.150. The molecule has 2 rings (SSSR count). The molecule has 7 heteroatoms. The molecule has 2 atom stereocenters. The Bertz CT molecular complexity index is 542. The minimum Gasteiger partial charge on any atom is -0.456 e. The SMILES string of the molecule is CCC(CC)NC(=O)COC(=O)CCN1C(=O)[C@H]2CC=CC[C@@H]2C1=O. The highest BCUT2D eigenvalue weighted by atomic mass is 16.5. The number of rotatable bonds is 8. The molecule has 0 aromatic carbocycles. The number of esters is 1. The summed E-state index contributed by atoms with van der Waals surface area (Å²) in [5.41, 5.74) is 0. The van der Waals surface area contributed by atoms with E-state index >= 15 is 0 Å². The fraction of sp³-hybridized carbons (Fsp3) is 0.667. The number of carbonyl (C=O) groups excluding carboxylic acids is 4. The van der Waals surface area contributed by atoms with Gasteiger partial charge in [0, 0.05) is 12.6 Å². The van der Waals surface area contributed by atoms with Gasteiger partial charge in [-0.05, 0) is 25.7 Å². The molecule has 1 heterocycles. The molecule has 3 amide bonds. The highest BCUT2D eigenvalue weighted by Gasteiger charge is 2.46. The number of nitrogens with zero attached hydrogens (tertiary/aromatic N) is 1. The quantitative estimate of drug-likeness (QED) is 0.403. The van der Waals surface area contributed by atoms with Crippen molar-refractivity contribution >= 4 is 23.7 Å². The van der Waals surface area contributed by atoms with E-state index in [9.17, 15) is 19.2 Å². The summed E-state index contributed by atoms with van der Waals surface area (Å²) in [5, 5.41) is 2.78. The minimum absolute atomic E-state index is 0.0116. The Labute approximate surface area is 147 Å². The van der Waals surface area contributed by atoms with Crippen molar-refractivity contribution in [1.82, 2.24) is 10.2 Å². The highest BCUT2D eigenvalue weighted by Crippen LogP contribution is 2.34. The third kappa shape index (κ3) is 4.67. The molecule has 0 aromatic rings. The Morgan fingerprint density at radius 2 is 1.72 bits per heavy atom. The van der Waals surface area contributed by atoms with Gasteiger partial charge in [-0.25, -0.2) is 0 Å². The van der Waals surface area contributed by atoms with Crippen LogP contribution in [0, 0.1) is 11.8 Å². The van der Waals surface area contributed by atoms with Crippen LogP contribution in [-0.4, -0.2) is 47.8 Å². The Morgan fingerprint density at radius 1 is 1.16 bits per heavy atom. The first-order valence-corrected chi connectivity index (χ1v) is 8.93. The van der Waals surface area contributed by atoms with Crippen molar-refractivity contribution in [3.63, 3.8) is 0 Å². The number of carbonyl (C=O) groups is 4. The molecule has 2 aliphatic rings. The lowest BCUT2D eigenvalue weighted by Crippen LogP contribution is -2.37. The number of amides is 3. The van der Waals surface area contributed by atoms with Crippen LogP contribution in [0.25, 0.3) is 0 Å². The molecule has 0 radical (unpaired) electrons. The number of imide groups is 1. The lowest BCUT2D eigenvalue weighted by atomic mass is 9.85. The van der Waals surface area contributed by atoms with Crippen molar-refractivity contribution < 1.29 is 23.9 Å².